The Morgan fingerprint density at radius 1 is 1.17 bits per heavy atom. The number of hydrogen-bond acceptors (Lipinski definition) is 7. The quantitative estimate of drug-likeness (QED) is 0.258. The summed E-state index contributed by atoms with van der Waals surface area (Å²) >= 11 is 6.06. The number of halogens is 1. The van der Waals surface area contributed by atoms with Gasteiger partial charge < -0.3 is 15.4 Å². The molecule has 3 rings (SSSR count). The van der Waals surface area contributed by atoms with Gasteiger partial charge in [-0.3, -0.25) is 14.8 Å². The average Bonchev–Trinajstić information content (AvgIpc) is 3.15. The molecule has 1 unspecified atom stereocenters. The number of rotatable bonds is 10. The average molecular weight is 434 g/mol. The van der Waals surface area contributed by atoms with Crippen molar-refractivity contribution in [2.24, 2.45) is 0 Å². The smallest absolute Gasteiger partial charge is 0.254 e. The van der Waals surface area contributed by atoms with Crippen LogP contribution >= 0.6 is 11.6 Å². The van der Waals surface area contributed by atoms with Crippen LogP contribution in [0.3, 0.4) is 0 Å². The number of hydroxylamine groups is 1. The van der Waals surface area contributed by atoms with Crippen molar-refractivity contribution in [3.63, 3.8) is 0 Å². The second-order valence-electron chi connectivity index (χ2n) is 6.94. The zero-order chi connectivity index (χ0) is 21.3. The summed E-state index contributed by atoms with van der Waals surface area (Å²) in [5, 5.41) is 15.1. The summed E-state index contributed by atoms with van der Waals surface area (Å²) in [6.07, 6.45) is 6.49. The minimum absolute atomic E-state index is 0.109. The second-order valence-corrected chi connectivity index (χ2v) is 7.38. The molecule has 0 bridgehead atoms. The van der Waals surface area contributed by atoms with Crippen molar-refractivity contribution < 1.29 is 19.5 Å². The molecule has 0 radical (unpaired) electrons. The zero-order valence-electron chi connectivity index (χ0n) is 16.4. The molecule has 9 nitrogen and oxygen atoms in total. The Balaban J connectivity index is 1.40. The van der Waals surface area contributed by atoms with E-state index in [0.29, 0.717) is 42.5 Å². The lowest BCUT2D eigenvalue weighted by atomic mass is 10.1. The Hall–Kier alpha value is -2.91. The molecule has 0 aliphatic carbocycles. The third kappa shape index (κ3) is 6.04. The number of fused-ring (bicyclic) bond motifs is 1. The maximum atomic E-state index is 12.2. The van der Waals surface area contributed by atoms with Crippen LogP contribution in [-0.2, 0) is 4.79 Å². The third-order valence-corrected chi connectivity index (χ3v) is 4.95. The summed E-state index contributed by atoms with van der Waals surface area (Å²) in [6.45, 7) is 0.980. The summed E-state index contributed by atoms with van der Waals surface area (Å²) in [5.74, 6) is 0.571. The van der Waals surface area contributed by atoms with Gasteiger partial charge in [0.05, 0.1) is 11.6 Å². The van der Waals surface area contributed by atoms with Gasteiger partial charge in [0.2, 0.25) is 11.9 Å². The number of nitrogens with zero attached hydrogens (tertiary/aromatic N) is 2. The van der Waals surface area contributed by atoms with E-state index >= 15 is 0 Å². The number of unbranched alkanes of at least 4 members (excludes halogenated alkanes) is 3. The number of ether oxygens (including phenoxy) is 1. The van der Waals surface area contributed by atoms with Crippen molar-refractivity contribution >= 4 is 29.4 Å². The topological polar surface area (TPSA) is 125 Å². The number of benzene rings is 1. The maximum absolute atomic E-state index is 12.2. The molecular weight excluding hydrogens is 410 g/mol. The number of anilines is 1. The van der Waals surface area contributed by atoms with Gasteiger partial charge in [0.1, 0.15) is 12.4 Å². The lowest BCUT2D eigenvalue weighted by Gasteiger charge is -2.12. The Labute approximate surface area is 179 Å². The number of carbonyl (C=O) groups is 2. The maximum Gasteiger partial charge on any atom is 0.254 e. The van der Waals surface area contributed by atoms with Crippen molar-refractivity contribution in [1.29, 1.82) is 0 Å². The molecule has 30 heavy (non-hydrogen) atoms. The van der Waals surface area contributed by atoms with Crippen LogP contribution in [0.25, 0.3) is 0 Å². The molecule has 0 fully saturated rings. The van der Waals surface area contributed by atoms with Crippen molar-refractivity contribution in [2.45, 2.75) is 38.1 Å². The minimum atomic E-state index is -0.380. The molecule has 1 aliphatic rings. The van der Waals surface area contributed by atoms with Crippen molar-refractivity contribution in [3.05, 3.63) is 46.7 Å². The predicted octanol–water partition coefficient (Wildman–Crippen LogP) is 2.86. The van der Waals surface area contributed by atoms with Crippen LogP contribution in [0.15, 0.2) is 30.6 Å². The van der Waals surface area contributed by atoms with E-state index in [1.165, 1.54) is 12.4 Å². The van der Waals surface area contributed by atoms with Crippen LogP contribution in [0.4, 0.5) is 5.95 Å². The fourth-order valence-corrected chi connectivity index (χ4v) is 3.29. The molecule has 0 saturated heterocycles. The van der Waals surface area contributed by atoms with Gasteiger partial charge in [-0.15, -0.1) is 0 Å². The summed E-state index contributed by atoms with van der Waals surface area (Å²) in [6, 6.07) is 5.36. The normalized spacial score (nSPS) is 14.5. The first-order valence-corrected chi connectivity index (χ1v) is 10.2. The number of hydrogen-bond donors (Lipinski definition) is 4. The lowest BCUT2D eigenvalue weighted by Crippen LogP contribution is -2.25. The Bertz CT molecular complexity index is 878. The molecule has 1 aliphatic heterocycles. The number of carbonyl (C=O) groups excluding carboxylic acids is 2. The van der Waals surface area contributed by atoms with Crippen molar-refractivity contribution in [1.82, 2.24) is 20.8 Å². The second kappa shape index (κ2) is 10.7. The van der Waals surface area contributed by atoms with Gasteiger partial charge in [-0.1, -0.05) is 24.4 Å². The Morgan fingerprint density at radius 2 is 1.93 bits per heavy atom. The molecule has 160 valence electrons. The highest BCUT2D eigenvalue weighted by Crippen LogP contribution is 2.35. The summed E-state index contributed by atoms with van der Waals surface area (Å²) < 4.78 is 5.63. The zero-order valence-corrected chi connectivity index (χ0v) is 17.1. The number of nitrogens with one attached hydrogen (secondary N) is 3. The van der Waals surface area contributed by atoms with Crippen molar-refractivity contribution in [2.75, 3.05) is 18.5 Å². The van der Waals surface area contributed by atoms with E-state index in [4.69, 9.17) is 21.5 Å². The van der Waals surface area contributed by atoms with Gasteiger partial charge in [-0.2, -0.15) is 0 Å². The molecule has 1 atom stereocenters. The van der Waals surface area contributed by atoms with Crippen LogP contribution in [0, 0.1) is 0 Å². The Morgan fingerprint density at radius 3 is 2.70 bits per heavy atom. The van der Waals surface area contributed by atoms with E-state index in [1.807, 2.05) is 12.1 Å². The molecule has 2 amide bonds. The van der Waals surface area contributed by atoms with E-state index < -0.39 is 0 Å². The molecule has 2 aromatic rings. The summed E-state index contributed by atoms with van der Waals surface area (Å²) in [5.41, 5.74) is 2.94. The van der Waals surface area contributed by atoms with Gasteiger partial charge in [0, 0.05) is 35.9 Å². The molecule has 4 N–H and O–H groups in total. The first-order valence-electron chi connectivity index (χ1n) is 9.79. The standard InChI is InChI=1S/C20H24ClN5O4/c21-14-6-7-17-15(9-14)16(12-30-17)25-20-23-10-13(11-24-20)19(28)22-8-4-2-1-3-5-18(27)26-29/h6-7,9-11,16,29H,1-5,8,12H2,(H,22,28)(H,26,27)(H,23,24,25). The summed E-state index contributed by atoms with van der Waals surface area (Å²) in [7, 11) is 0. The van der Waals surface area contributed by atoms with Crippen molar-refractivity contribution in [3.8, 4) is 5.75 Å². The van der Waals surface area contributed by atoms with E-state index in [9.17, 15) is 9.59 Å². The van der Waals surface area contributed by atoms with Crippen LogP contribution < -0.4 is 20.9 Å². The van der Waals surface area contributed by atoms with E-state index in [-0.39, 0.29) is 17.9 Å². The highest BCUT2D eigenvalue weighted by atomic mass is 35.5. The van der Waals surface area contributed by atoms with Gasteiger partial charge in [-0.05, 0) is 31.0 Å². The van der Waals surface area contributed by atoms with Gasteiger partial charge in [0.25, 0.3) is 5.91 Å². The van der Waals surface area contributed by atoms with Gasteiger partial charge >= 0.3 is 0 Å². The highest BCUT2D eigenvalue weighted by molar-refractivity contribution is 6.30. The monoisotopic (exact) mass is 433 g/mol. The number of aromatic nitrogens is 2. The highest BCUT2D eigenvalue weighted by Gasteiger charge is 2.25. The molecule has 0 spiro atoms. The summed E-state index contributed by atoms with van der Waals surface area (Å²) in [4.78, 5) is 31.5. The molecule has 0 saturated carbocycles. The van der Waals surface area contributed by atoms with Gasteiger partial charge in [0.15, 0.2) is 0 Å². The Kier molecular flexibility index (Phi) is 7.81. The fourth-order valence-electron chi connectivity index (χ4n) is 3.11. The van der Waals surface area contributed by atoms with Gasteiger partial charge in [-0.25, -0.2) is 15.4 Å². The largest absolute Gasteiger partial charge is 0.491 e. The lowest BCUT2D eigenvalue weighted by molar-refractivity contribution is -0.129. The predicted molar refractivity (Wildman–Crippen MR) is 111 cm³/mol. The van der Waals surface area contributed by atoms with E-state index in [1.54, 1.807) is 11.5 Å². The van der Waals surface area contributed by atoms with Crippen LogP contribution in [0.5, 0.6) is 5.75 Å². The first kappa shape index (κ1) is 21.8. The number of amides is 2. The fraction of sp³-hybridized carbons (Fsp3) is 0.400. The molecule has 10 heteroatoms. The van der Waals surface area contributed by atoms with E-state index in [2.05, 4.69) is 20.6 Å². The minimum Gasteiger partial charge on any atom is -0.491 e. The van der Waals surface area contributed by atoms with Crippen LogP contribution in [0.1, 0.15) is 54.1 Å². The van der Waals surface area contributed by atoms with Crippen LogP contribution in [-0.4, -0.2) is 40.1 Å². The first-order chi connectivity index (χ1) is 14.6. The SMILES string of the molecule is O=C(CCCCCCNC(=O)c1cnc(NC2COc3ccc(Cl)cc32)nc1)NO. The molecular formula is C20H24ClN5O4. The molecule has 1 aromatic carbocycles. The third-order valence-electron chi connectivity index (χ3n) is 4.71. The van der Waals surface area contributed by atoms with E-state index in [0.717, 1.165) is 30.6 Å². The van der Waals surface area contributed by atoms with Crippen LogP contribution in [0.2, 0.25) is 5.02 Å². The molecule has 2 heterocycles. The molecule has 1 aromatic heterocycles.